The number of hydrogen-bond donors (Lipinski definition) is 1. The van der Waals surface area contributed by atoms with Crippen molar-refractivity contribution < 1.29 is 4.39 Å². The average Bonchev–Trinajstić information content (AvgIpc) is 2.71. The molecule has 0 aliphatic heterocycles. The maximum absolute atomic E-state index is 13.1. The van der Waals surface area contributed by atoms with Gasteiger partial charge in [-0.05, 0) is 23.7 Å². The predicted molar refractivity (Wildman–Crippen MR) is 62.1 cm³/mol. The van der Waals surface area contributed by atoms with E-state index in [-0.39, 0.29) is 11.1 Å². The Morgan fingerprint density at radius 2 is 2.18 bits per heavy atom. The van der Waals surface area contributed by atoms with Crippen LogP contribution < -0.4 is 0 Å². The van der Waals surface area contributed by atoms with Crippen molar-refractivity contribution in [2.75, 3.05) is 0 Å². The molecular formula is C11H6ClFN4. The lowest BCUT2D eigenvalue weighted by atomic mass is 10.1. The Bertz CT molecular complexity index is 695. The lowest BCUT2D eigenvalue weighted by Crippen LogP contribution is -1.83. The van der Waals surface area contributed by atoms with Gasteiger partial charge in [0, 0.05) is 11.8 Å². The van der Waals surface area contributed by atoms with Gasteiger partial charge < -0.3 is 0 Å². The fourth-order valence-corrected chi connectivity index (χ4v) is 1.78. The highest BCUT2D eigenvalue weighted by Gasteiger charge is 2.10. The third kappa shape index (κ3) is 1.74. The number of H-pyrrole nitrogens is 1. The highest BCUT2D eigenvalue weighted by Crippen LogP contribution is 2.25. The molecule has 1 N–H and O–H groups in total. The molecule has 3 rings (SSSR count). The lowest BCUT2D eigenvalue weighted by Gasteiger charge is -1.98. The summed E-state index contributed by atoms with van der Waals surface area (Å²) in [6.45, 7) is 0. The van der Waals surface area contributed by atoms with Crippen molar-refractivity contribution in [3.63, 3.8) is 0 Å². The Balaban J connectivity index is 2.24. The molecule has 2 aromatic heterocycles. The number of aromatic amines is 1. The SMILES string of the molecule is Fc1cccc(-c2[nH]nc3nc(Cl)ncc23)c1. The molecule has 0 fully saturated rings. The van der Waals surface area contributed by atoms with Crippen LogP contribution >= 0.6 is 11.6 Å². The van der Waals surface area contributed by atoms with Crippen molar-refractivity contribution in [1.82, 2.24) is 20.2 Å². The van der Waals surface area contributed by atoms with Gasteiger partial charge in [-0.25, -0.2) is 9.37 Å². The zero-order chi connectivity index (χ0) is 11.8. The molecule has 0 bridgehead atoms. The van der Waals surface area contributed by atoms with E-state index in [0.717, 1.165) is 0 Å². The number of halogens is 2. The summed E-state index contributed by atoms with van der Waals surface area (Å²) in [5.74, 6) is -0.305. The molecule has 0 amide bonds. The van der Waals surface area contributed by atoms with E-state index >= 15 is 0 Å². The van der Waals surface area contributed by atoms with Crippen LogP contribution in [-0.4, -0.2) is 20.2 Å². The smallest absolute Gasteiger partial charge is 0.224 e. The summed E-state index contributed by atoms with van der Waals surface area (Å²) in [6, 6.07) is 6.22. The molecule has 0 aliphatic rings. The quantitative estimate of drug-likeness (QED) is 0.674. The Labute approximate surface area is 100 Å². The van der Waals surface area contributed by atoms with Crippen molar-refractivity contribution in [3.05, 3.63) is 41.6 Å². The number of nitrogens with one attached hydrogen (secondary N) is 1. The summed E-state index contributed by atoms with van der Waals surface area (Å²) in [4.78, 5) is 7.85. The fourth-order valence-electron chi connectivity index (χ4n) is 1.65. The van der Waals surface area contributed by atoms with Crippen molar-refractivity contribution >= 4 is 22.6 Å². The second-order valence-electron chi connectivity index (χ2n) is 3.49. The number of fused-ring (bicyclic) bond motifs is 1. The van der Waals surface area contributed by atoms with Gasteiger partial charge in [0.25, 0.3) is 0 Å². The highest BCUT2D eigenvalue weighted by molar-refractivity contribution is 6.28. The summed E-state index contributed by atoms with van der Waals surface area (Å²) < 4.78 is 13.1. The molecule has 0 saturated heterocycles. The van der Waals surface area contributed by atoms with E-state index in [9.17, 15) is 4.39 Å². The van der Waals surface area contributed by atoms with E-state index in [1.807, 2.05) is 0 Å². The molecule has 3 aromatic rings. The highest BCUT2D eigenvalue weighted by atomic mass is 35.5. The summed E-state index contributed by atoms with van der Waals surface area (Å²) in [5.41, 5.74) is 1.83. The first-order valence-electron chi connectivity index (χ1n) is 4.86. The summed E-state index contributed by atoms with van der Waals surface area (Å²) in [6.07, 6.45) is 1.56. The third-order valence-electron chi connectivity index (χ3n) is 2.40. The first-order valence-corrected chi connectivity index (χ1v) is 5.24. The maximum atomic E-state index is 13.1. The first kappa shape index (κ1) is 10.2. The molecule has 0 atom stereocenters. The monoisotopic (exact) mass is 248 g/mol. The minimum Gasteiger partial charge on any atom is -0.275 e. The number of rotatable bonds is 1. The standard InChI is InChI=1S/C11H6ClFN4/c12-11-14-5-8-9(16-17-10(8)15-11)6-2-1-3-7(13)4-6/h1-5H,(H,14,15,16,17). The van der Waals surface area contributed by atoms with Gasteiger partial charge in [-0.1, -0.05) is 12.1 Å². The van der Waals surface area contributed by atoms with Crippen LogP contribution in [0.1, 0.15) is 0 Å². The van der Waals surface area contributed by atoms with Crippen molar-refractivity contribution in [2.45, 2.75) is 0 Å². The van der Waals surface area contributed by atoms with Crippen LogP contribution in [0.15, 0.2) is 30.5 Å². The molecule has 4 nitrogen and oxygen atoms in total. The van der Waals surface area contributed by atoms with Gasteiger partial charge in [0.15, 0.2) is 5.65 Å². The van der Waals surface area contributed by atoms with Gasteiger partial charge in [0.2, 0.25) is 5.28 Å². The second-order valence-corrected chi connectivity index (χ2v) is 3.82. The van der Waals surface area contributed by atoms with Gasteiger partial charge in [0.1, 0.15) is 5.82 Å². The normalized spacial score (nSPS) is 10.9. The number of aromatic nitrogens is 4. The largest absolute Gasteiger partial charge is 0.275 e. The molecular weight excluding hydrogens is 243 g/mol. The molecule has 0 unspecified atom stereocenters. The van der Waals surface area contributed by atoms with Crippen LogP contribution in [0.2, 0.25) is 5.28 Å². The van der Waals surface area contributed by atoms with Gasteiger partial charge in [-0.3, -0.25) is 5.10 Å². The molecule has 0 saturated carbocycles. The van der Waals surface area contributed by atoms with Crippen LogP contribution in [0.25, 0.3) is 22.3 Å². The Kier molecular flexibility index (Phi) is 2.26. The third-order valence-corrected chi connectivity index (χ3v) is 2.58. The van der Waals surface area contributed by atoms with Crippen LogP contribution in [0.4, 0.5) is 4.39 Å². The Morgan fingerprint density at radius 1 is 1.29 bits per heavy atom. The van der Waals surface area contributed by atoms with E-state index in [2.05, 4.69) is 20.2 Å². The Hall–Kier alpha value is -2.01. The van der Waals surface area contributed by atoms with Gasteiger partial charge in [0.05, 0.1) is 11.1 Å². The number of nitrogens with zero attached hydrogens (tertiary/aromatic N) is 3. The molecule has 2 heterocycles. The molecule has 0 spiro atoms. The predicted octanol–water partition coefficient (Wildman–Crippen LogP) is 2.81. The van der Waals surface area contributed by atoms with E-state index in [1.54, 1.807) is 18.3 Å². The maximum Gasteiger partial charge on any atom is 0.224 e. The van der Waals surface area contributed by atoms with Crippen molar-refractivity contribution in [2.24, 2.45) is 0 Å². The molecule has 6 heteroatoms. The van der Waals surface area contributed by atoms with Crippen molar-refractivity contribution in [3.8, 4) is 11.3 Å². The summed E-state index contributed by atoms with van der Waals surface area (Å²) >= 11 is 5.66. The molecule has 0 aliphatic carbocycles. The van der Waals surface area contributed by atoms with E-state index < -0.39 is 0 Å². The minimum absolute atomic E-state index is 0.134. The van der Waals surface area contributed by atoms with E-state index in [4.69, 9.17) is 11.6 Å². The van der Waals surface area contributed by atoms with E-state index in [1.165, 1.54) is 12.1 Å². The van der Waals surface area contributed by atoms with Gasteiger partial charge in [-0.2, -0.15) is 10.1 Å². The summed E-state index contributed by atoms with van der Waals surface area (Å²) in [5, 5.41) is 7.65. The molecule has 0 radical (unpaired) electrons. The Morgan fingerprint density at radius 3 is 3.00 bits per heavy atom. The van der Waals surface area contributed by atoms with Gasteiger partial charge >= 0.3 is 0 Å². The van der Waals surface area contributed by atoms with E-state index in [0.29, 0.717) is 22.3 Å². The van der Waals surface area contributed by atoms with Crippen LogP contribution in [-0.2, 0) is 0 Å². The zero-order valence-corrected chi connectivity index (χ0v) is 9.24. The molecule has 1 aromatic carbocycles. The fraction of sp³-hybridized carbons (Fsp3) is 0. The number of benzene rings is 1. The lowest BCUT2D eigenvalue weighted by molar-refractivity contribution is 0.628. The van der Waals surface area contributed by atoms with Gasteiger partial charge in [-0.15, -0.1) is 0 Å². The topological polar surface area (TPSA) is 54.5 Å². The molecule has 17 heavy (non-hydrogen) atoms. The summed E-state index contributed by atoms with van der Waals surface area (Å²) in [7, 11) is 0. The van der Waals surface area contributed by atoms with Crippen molar-refractivity contribution in [1.29, 1.82) is 0 Å². The second kappa shape index (κ2) is 3.78. The molecule has 84 valence electrons. The van der Waals surface area contributed by atoms with Crippen LogP contribution in [0, 0.1) is 5.82 Å². The van der Waals surface area contributed by atoms with Crippen LogP contribution in [0.3, 0.4) is 0 Å². The number of hydrogen-bond acceptors (Lipinski definition) is 3. The van der Waals surface area contributed by atoms with Crippen LogP contribution in [0.5, 0.6) is 0 Å². The zero-order valence-electron chi connectivity index (χ0n) is 8.48. The first-order chi connectivity index (χ1) is 8.24. The average molecular weight is 249 g/mol. The minimum atomic E-state index is -0.305.